The van der Waals surface area contributed by atoms with Gasteiger partial charge >= 0.3 is 0 Å². The van der Waals surface area contributed by atoms with Crippen molar-refractivity contribution in [3.05, 3.63) is 77.9 Å². The standard InChI is InChI=1S/C26H30N2O6S/c1-19-6-15-24(34-5)25(16-19)35(30,31)28(21-9-13-23(33-4)14-10-21)18-26(29)27(2)17-20-7-11-22(32-3)12-8-20/h6-16H,17-18H2,1-5H3. The zero-order valence-electron chi connectivity index (χ0n) is 20.5. The highest BCUT2D eigenvalue weighted by molar-refractivity contribution is 7.93. The van der Waals surface area contributed by atoms with Crippen LogP contribution < -0.4 is 18.5 Å². The molecule has 0 bridgehead atoms. The first-order valence-electron chi connectivity index (χ1n) is 10.9. The predicted molar refractivity (Wildman–Crippen MR) is 135 cm³/mol. The monoisotopic (exact) mass is 498 g/mol. The fourth-order valence-corrected chi connectivity index (χ4v) is 5.16. The van der Waals surface area contributed by atoms with Gasteiger partial charge in [0.05, 0.1) is 27.0 Å². The highest BCUT2D eigenvalue weighted by Crippen LogP contribution is 2.31. The third-order valence-corrected chi connectivity index (χ3v) is 7.33. The fraction of sp³-hybridized carbons (Fsp3) is 0.269. The number of sulfonamides is 1. The van der Waals surface area contributed by atoms with Crippen LogP contribution in [0.1, 0.15) is 11.1 Å². The van der Waals surface area contributed by atoms with Gasteiger partial charge in [-0.1, -0.05) is 18.2 Å². The molecule has 0 aliphatic heterocycles. The Hall–Kier alpha value is -3.72. The van der Waals surface area contributed by atoms with Crippen molar-refractivity contribution in [1.29, 1.82) is 0 Å². The smallest absolute Gasteiger partial charge is 0.268 e. The average Bonchev–Trinajstić information content (AvgIpc) is 2.87. The molecule has 0 heterocycles. The van der Waals surface area contributed by atoms with Gasteiger partial charge in [-0.3, -0.25) is 9.10 Å². The predicted octanol–water partition coefficient (Wildman–Crippen LogP) is 3.87. The number of amides is 1. The second kappa shape index (κ2) is 11.1. The molecule has 0 radical (unpaired) electrons. The molecule has 0 saturated carbocycles. The number of nitrogens with zero attached hydrogens (tertiary/aromatic N) is 2. The maximum atomic E-state index is 13.8. The molecular formula is C26H30N2O6S. The molecule has 0 atom stereocenters. The topological polar surface area (TPSA) is 85.4 Å². The summed E-state index contributed by atoms with van der Waals surface area (Å²) in [6.45, 7) is 1.72. The van der Waals surface area contributed by atoms with Crippen LogP contribution in [0.15, 0.2) is 71.6 Å². The molecule has 0 N–H and O–H groups in total. The molecule has 3 aromatic rings. The zero-order valence-corrected chi connectivity index (χ0v) is 21.3. The number of anilines is 1. The van der Waals surface area contributed by atoms with Crippen molar-refractivity contribution in [3.63, 3.8) is 0 Å². The van der Waals surface area contributed by atoms with Gasteiger partial charge in [-0.2, -0.15) is 0 Å². The average molecular weight is 499 g/mol. The van der Waals surface area contributed by atoms with E-state index in [0.717, 1.165) is 15.4 Å². The number of hydrogen-bond donors (Lipinski definition) is 0. The van der Waals surface area contributed by atoms with Gasteiger partial charge in [0.2, 0.25) is 5.91 Å². The van der Waals surface area contributed by atoms with Gasteiger partial charge in [-0.05, 0) is 66.6 Å². The van der Waals surface area contributed by atoms with E-state index in [4.69, 9.17) is 14.2 Å². The number of rotatable bonds is 10. The van der Waals surface area contributed by atoms with E-state index < -0.39 is 16.6 Å². The first-order valence-corrected chi connectivity index (χ1v) is 12.3. The summed E-state index contributed by atoms with van der Waals surface area (Å²) in [7, 11) is 2.02. The van der Waals surface area contributed by atoms with Crippen LogP contribution in [0.25, 0.3) is 0 Å². The first-order chi connectivity index (χ1) is 16.7. The van der Waals surface area contributed by atoms with E-state index in [2.05, 4.69) is 0 Å². The quantitative estimate of drug-likeness (QED) is 0.422. The third kappa shape index (κ3) is 6.05. The minimum absolute atomic E-state index is 0.0126. The molecule has 0 spiro atoms. The van der Waals surface area contributed by atoms with E-state index in [9.17, 15) is 13.2 Å². The molecule has 0 fully saturated rings. The van der Waals surface area contributed by atoms with Crippen molar-refractivity contribution in [2.75, 3.05) is 39.2 Å². The highest BCUT2D eigenvalue weighted by atomic mass is 32.2. The Kier molecular flexibility index (Phi) is 8.24. The maximum absolute atomic E-state index is 13.8. The van der Waals surface area contributed by atoms with E-state index in [1.54, 1.807) is 57.5 Å². The Morgan fingerprint density at radius 2 is 1.40 bits per heavy atom. The molecule has 0 saturated heterocycles. The summed E-state index contributed by atoms with van der Waals surface area (Å²) in [6, 6.07) is 18.8. The number of likely N-dealkylation sites (N-methyl/N-ethyl adjacent to an activating group) is 1. The van der Waals surface area contributed by atoms with Gasteiger partial charge in [0.25, 0.3) is 10.0 Å². The van der Waals surface area contributed by atoms with Crippen LogP contribution in [0.3, 0.4) is 0 Å². The Labute approximate surface area is 206 Å². The minimum atomic E-state index is -4.15. The molecule has 0 unspecified atom stereocenters. The largest absolute Gasteiger partial charge is 0.497 e. The minimum Gasteiger partial charge on any atom is -0.497 e. The molecule has 3 aromatic carbocycles. The van der Waals surface area contributed by atoms with Crippen LogP contribution >= 0.6 is 0 Å². The second-order valence-electron chi connectivity index (χ2n) is 7.96. The summed E-state index contributed by atoms with van der Waals surface area (Å²) in [5.41, 5.74) is 1.98. The van der Waals surface area contributed by atoms with Crippen LogP contribution in [-0.2, 0) is 21.4 Å². The van der Waals surface area contributed by atoms with Gasteiger partial charge in [0.15, 0.2) is 0 Å². The lowest BCUT2D eigenvalue weighted by Crippen LogP contribution is -2.41. The van der Waals surface area contributed by atoms with Crippen LogP contribution in [0.2, 0.25) is 0 Å². The van der Waals surface area contributed by atoms with Crippen molar-refractivity contribution in [3.8, 4) is 17.2 Å². The number of carbonyl (C=O) groups excluding carboxylic acids is 1. The Balaban J connectivity index is 1.95. The van der Waals surface area contributed by atoms with Crippen LogP contribution in [-0.4, -0.2) is 54.1 Å². The van der Waals surface area contributed by atoms with Crippen LogP contribution in [0, 0.1) is 6.92 Å². The lowest BCUT2D eigenvalue weighted by Gasteiger charge is -2.27. The molecule has 3 rings (SSSR count). The van der Waals surface area contributed by atoms with E-state index in [1.165, 1.54) is 25.2 Å². The first kappa shape index (κ1) is 25.9. The van der Waals surface area contributed by atoms with Crippen molar-refractivity contribution in [1.82, 2.24) is 4.90 Å². The van der Waals surface area contributed by atoms with Gasteiger partial charge in [-0.25, -0.2) is 8.42 Å². The van der Waals surface area contributed by atoms with Crippen LogP contribution in [0.4, 0.5) is 5.69 Å². The summed E-state index contributed by atoms with van der Waals surface area (Å²) in [5, 5.41) is 0. The Morgan fingerprint density at radius 3 is 1.94 bits per heavy atom. The van der Waals surface area contributed by atoms with Crippen LogP contribution in [0.5, 0.6) is 17.2 Å². The molecule has 0 aliphatic carbocycles. The summed E-state index contributed by atoms with van der Waals surface area (Å²) >= 11 is 0. The Bertz CT molecular complexity index is 1260. The third-order valence-electron chi connectivity index (χ3n) is 5.53. The zero-order chi connectivity index (χ0) is 25.6. The lowest BCUT2D eigenvalue weighted by molar-refractivity contribution is -0.128. The number of aryl methyl sites for hydroxylation is 1. The van der Waals surface area contributed by atoms with E-state index in [0.29, 0.717) is 23.7 Å². The van der Waals surface area contributed by atoms with Crippen molar-refractivity contribution < 1.29 is 27.4 Å². The second-order valence-corrected chi connectivity index (χ2v) is 9.79. The maximum Gasteiger partial charge on any atom is 0.268 e. The SMILES string of the molecule is COc1ccc(CN(C)C(=O)CN(c2ccc(OC)cc2)S(=O)(=O)c2cc(C)ccc2OC)cc1. The van der Waals surface area contributed by atoms with Gasteiger partial charge in [-0.15, -0.1) is 0 Å². The summed E-state index contributed by atoms with van der Waals surface area (Å²) < 4.78 is 44.5. The number of benzene rings is 3. The number of ether oxygens (including phenoxy) is 3. The molecule has 8 nitrogen and oxygen atoms in total. The number of hydrogen-bond acceptors (Lipinski definition) is 6. The van der Waals surface area contributed by atoms with E-state index in [1.807, 2.05) is 24.3 Å². The molecule has 35 heavy (non-hydrogen) atoms. The van der Waals surface area contributed by atoms with Gasteiger partial charge in [0, 0.05) is 13.6 Å². The normalized spacial score (nSPS) is 11.0. The van der Waals surface area contributed by atoms with Crippen molar-refractivity contribution in [2.24, 2.45) is 0 Å². The summed E-state index contributed by atoms with van der Waals surface area (Å²) in [6.07, 6.45) is 0. The molecule has 186 valence electrons. The summed E-state index contributed by atoms with van der Waals surface area (Å²) in [4.78, 5) is 14.7. The van der Waals surface area contributed by atoms with E-state index >= 15 is 0 Å². The molecule has 1 amide bonds. The molecule has 9 heteroatoms. The number of carbonyl (C=O) groups is 1. The van der Waals surface area contributed by atoms with Gasteiger partial charge < -0.3 is 19.1 Å². The fourth-order valence-electron chi connectivity index (χ4n) is 3.50. The van der Waals surface area contributed by atoms with Crippen molar-refractivity contribution in [2.45, 2.75) is 18.4 Å². The lowest BCUT2D eigenvalue weighted by atomic mass is 10.2. The Morgan fingerprint density at radius 1 is 0.829 bits per heavy atom. The van der Waals surface area contributed by atoms with Gasteiger partial charge in [0.1, 0.15) is 28.7 Å². The number of methoxy groups -OCH3 is 3. The highest BCUT2D eigenvalue weighted by Gasteiger charge is 2.31. The molecule has 0 aliphatic rings. The summed E-state index contributed by atoms with van der Waals surface area (Å²) in [5.74, 6) is 1.12. The van der Waals surface area contributed by atoms with E-state index in [-0.39, 0.29) is 16.6 Å². The van der Waals surface area contributed by atoms with Crippen molar-refractivity contribution >= 4 is 21.6 Å². The molecular weight excluding hydrogens is 468 g/mol. The molecule has 0 aromatic heterocycles.